The number of alkyl halides is 3. The summed E-state index contributed by atoms with van der Waals surface area (Å²) in [5.74, 6) is 1.64. The summed E-state index contributed by atoms with van der Waals surface area (Å²) in [5, 5.41) is 5.67. The van der Waals surface area contributed by atoms with E-state index in [9.17, 15) is 13.2 Å². The smallest absolute Gasteiger partial charge is 0.415 e. The second-order valence-electron chi connectivity index (χ2n) is 7.14. The molecule has 0 saturated carbocycles. The molecule has 0 atom stereocenters. The number of hydrogen-bond acceptors (Lipinski definition) is 4. The van der Waals surface area contributed by atoms with Gasteiger partial charge in [0, 0.05) is 25.0 Å². The third-order valence-electron chi connectivity index (χ3n) is 4.56. The van der Waals surface area contributed by atoms with Gasteiger partial charge < -0.3 is 20.1 Å². The van der Waals surface area contributed by atoms with Crippen LogP contribution in [-0.4, -0.2) is 25.9 Å². The van der Waals surface area contributed by atoms with E-state index >= 15 is 0 Å². The molecule has 0 spiro atoms. The molecule has 0 radical (unpaired) electrons. The number of ether oxygens (including phenoxy) is 2. The summed E-state index contributed by atoms with van der Waals surface area (Å²) in [6.45, 7) is 4.23. The van der Waals surface area contributed by atoms with Crippen LogP contribution < -0.4 is 20.1 Å². The minimum Gasteiger partial charge on any atom is -0.454 e. The molecule has 0 fully saturated rings. The molecule has 5 nitrogen and oxygen atoms in total. The van der Waals surface area contributed by atoms with Crippen LogP contribution in [0.2, 0.25) is 0 Å². The molecule has 0 aliphatic carbocycles. The molecule has 1 aliphatic rings. The zero-order valence-electron chi connectivity index (χ0n) is 16.8. The fourth-order valence-electron chi connectivity index (χ4n) is 2.81. The van der Waals surface area contributed by atoms with Crippen molar-refractivity contribution >= 4 is 12.0 Å². The Kier molecular flexibility index (Phi) is 6.99. The molecular weight excluding hydrogens is 395 g/mol. The SMILES string of the molecule is CC(C)c1ccc(N/C=N/C=C(\CNCc2ccc3c(c2)OCO3)C(F)(F)F)cc1. The van der Waals surface area contributed by atoms with Crippen molar-refractivity contribution in [3.8, 4) is 11.5 Å². The first-order chi connectivity index (χ1) is 14.3. The Labute approximate surface area is 173 Å². The molecule has 1 aliphatic heterocycles. The maximum atomic E-state index is 13.3. The molecule has 0 amide bonds. The summed E-state index contributed by atoms with van der Waals surface area (Å²) in [6, 6.07) is 12.9. The number of nitrogens with zero attached hydrogens (tertiary/aromatic N) is 1. The Bertz CT molecular complexity index is 907. The Morgan fingerprint density at radius 3 is 2.53 bits per heavy atom. The van der Waals surface area contributed by atoms with Gasteiger partial charge in [-0.2, -0.15) is 13.2 Å². The molecule has 160 valence electrons. The number of rotatable bonds is 8. The number of hydrogen-bond donors (Lipinski definition) is 2. The van der Waals surface area contributed by atoms with Gasteiger partial charge in [0.2, 0.25) is 6.79 Å². The maximum Gasteiger partial charge on any atom is 0.415 e. The highest BCUT2D eigenvalue weighted by Gasteiger charge is 2.33. The first-order valence-electron chi connectivity index (χ1n) is 9.56. The van der Waals surface area contributed by atoms with E-state index in [1.54, 1.807) is 18.2 Å². The lowest BCUT2D eigenvalue weighted by atomic mass is 10.0. The average Bonchev–Trinajstić information content (AvgIpc) is 3.17. The first kappa shape index (κ1) is 21.7. The standard InChI is InChI=1S/C22H24F3N3O2/c1-15(2)17-4-6-19(7-5-17)28-13-27-12-18(22(23,24)25)11-26-10-16-3-8-20-21(9-16)30-14-29-20/h3-9,12-13,15,26H,10-11,14H2,1-2H3,(H,27,28)/b18-12+. The van der Waals surface area contributed by atoms with Crippen LogP contribution in [0.15, 0.2) is 59.2 Å². The predicted octanol–water partition coefficient (Wildman–Crippen LogP) is 5.21. The third-order valence-corrected chi connectivity index (χ3v) is 4.56. The van der Waals surface area contributed by atoms with Gasteiger partial charge in [-0.3, -0.25) is 0 Å². The van der Waals surface area contributed by atoms with E-state index in [4.69, 9.17) is 9.47 Å². The van der Waals surface area contributed by atoms with E-state index in [1.807, 2.05) is 24.3 Å². The van der Waals surface area contributed by atoms with Gasteiger partial charge in [-0.15, -0.1) is 0 Å². The Morgan fingerprint density at radius 2 is 1.83 bits per heavy atom. The third kappa shape index (κ3) is 6.00. The molecule has 30 heavy (non-hydrogen) atoms. The zero-order chi connectivity index (χ0) is 21.6. The monoisotopic (exact) mass is 419 g/mol. The van der Waals surface area contributed by atoms with Gasteiger partial charge in [0.25, 0.3) is 0 Å². The maximum absolute atomic E-state index is 13.3. The molecule has 8 heteroatoms. The van der Waals surface area contributed by atoms with E-state index in [1.165, 1.54) is 11.9 Å². The number of anilines is 1. The van der Waals surface area contributed by atoms with Gasteiger partial charge >= 0.3 is 6.18 Å². The summed E-state index contributed by atoms with van der Waals surface area (Å²) in [4.78, 5) is 3.77. The molecule has 2 aromatic rings. The Balaban J connectivity index is 1.54. The second kappa shape index (κ2) is 9.67. The van der Waals surface area contributed by atoms with Crippen molar-refractivity contribution in [2.45, 2.75) is 32.5 Å². The Hall–Kier alpha value is -3.00. The fraction of sp³-hybridized carbons (Fsp3) is 0.318. The molecule has 0 unspecified atom stereocenters. The van der Waals surface area contributed by atoms with Crippen LogP contribution in [-0.2, 0) is 6.54 Å². The summed E-state index contributed by atoms with van der Waals surface area (Å²) in [6.07, 6.45) is -2.41. The van der Waals surface area contributed by atoms with E-state index in [0.717, 1.165) is 17.5 Å². The predicted molar refractivity (Wildman–Crippen MR) is 111 cm³/mol. The largest absolute Gasteiger partial charge is 0.454 e. The van der Waals surface area contributed by atoms with E-state index < -0.39 is 11.7 Å². The molecule has 3 rings (SSSR count). The minimum atomic E-state index is -4.47. The lowest BCUT2D eigenvalue weighted by molar-refractivity contribution is -0.0931. The van der Waals surface area contributed by atoms with Crippen molar-refractivity contribution in [1.29, 1.82) is 0 Å². The number of fused-ring (bicyclic) bond motifs is 1. The summed E-state index contributed by atoms with van der Waals surface area (Å²) in [5.41, 5.74) is 1.98. The highest BCUT2D eigenvalue weighted by molar-refractivity contribution is 5.76. The topological polar surface area (TPSA) is 54.9 Å². The molecule has 2 N–H and O–H groups in total. The van der Waals surface area contributed by atoms with Gasteiger partial charge in [0.15, 0.2) is 11.5 Å². The van der Waals surface area contributed by atoms with Crippen LogP contribution in [0, 0.1) is 0 Å². The number of halogens is 3. The van der Waals surface area contributed by atoms with Crippen LogP contribution in [0.5, 0.6) is 11.5 Å². The number of benzene rings is 2. The van der Waals surface area contributed by atoms with Gasteiger partial charge in [0.1, 0.15) is 0 Å². The molecule has 0 aromatic heterocycles. The van der Waals surface area contributed by atoms with Crippen molar-refractivity contribution in [2.75, 3.05) is 18.7 Å². The highest BCUT2D eigenvalue weighted by atomic mass is 19.4. The molecule has 1 heterocycles. The van der Waals surface area contributed by atoms with Crippen molar-refractivity contribution in [1.82, 2.24) is 5.32 Å². The lowest BCUT2D eigenvalue weighted by Crippen LogP contribution is -2.25. The molecular formula is C22H24F3N3O2. The van der Waals surface area contributed by atoms with E-state index in [2.05, 4.69) is 29.5 Å². The van der Waals surface area contributed by atoms with Gasteiger partial charge in [0.05, 0.1) is 11.9 Å². The van der Waals surface area contributed by atoms with E-state index in [-0.39, 0.29) is 19.9 Å². The number of aliphatic imine (C=N–C) groups is 1. The van der Waals surface area contributed by atoms with E-state index in [0.29, 0.717) is 17.4 Å². The first-order valence-corrected chi connectivity index (χ1v) is 9.56. The van der Waals surface area contributed by atoms with Crippen molar-refractivity contribution in [3.05, 3.63) is 65.4 Å². The van der Waals surface area contributed by atoms with Gasteiger partial charge in [-0.1, -0.05) is 32.0 Å². The van der Waals surface area contributed by atoms with Crippen LogP contribution in [0.4, 0.5) is 18.9 Å². The van der Waals surface area contributed by atoms with Crippen molar-refractivity contribution in [3.63, 3.8) is 0 Å². The molecule has 0 saturated heterocycles. The summed E-state index contributed by atoms with van der Waals surface area (Å²) in [7, 11) is 0. The normalized spacial score (nSPS) is 14.0. The van der Waals surface area contributed by atoms with Crippen LogP contribution >= 0.6 is 0 Å². The average molecular weight is 419 g/mol. The van der Waals surface area contributed by atoms with Gasteiger partial charge in [-0.05, 0) is 41.3 Å². The molecule has 0 bridgehead atoms. The summed E-state index contributed by atoms with van der Waals surface area (Å²) >= 11 is 0. The second-order valence-corrected chi connectivity index (χ2v) is 7.14. The van der Waals surface area contributed by atoms with Crippen molar-refractivity contribution in [2.24, 2.45) is 4.99 Å². The minimum absolute atomic E-state index is 0.154. The lowest BCUT2D eigenvalue weighted by Gasteiger charge is -2.12. The van der Waals surface area contributed by atoms with Gasteiger partial charge in [-0.25, -0.2) is 4.99 Å². The van der Waals surface area contributed by atoms with Crippen LogP contribution in [0.1, 0.15) is 30.9 Å². The van der Waals surface area contributed by atoms with Crippen LogP contribution in [0.3, 0.4) is 0 Å². The molecule has 2 aromatic carbocycles. The zero-order valence-corrected chi connectivity index (χ0v) is 16.8. The quantitative estimate of drug-likeness (QED) is 0.455. The number of nitrogens with one attached hydrogen (secondary N) is 2. The fourth-order valence-corrected chi connectivity index (χ4v) is 2.81. The van der Waals surface area contributed by atoms with Crippen LogP contribution in [0.25, 0.3) is 0 Å². The van der Waals surface area contributed by atoms with Crippen molar-refractivity contribution < 1.29 is 22.6 Å². The highest BCUT2D eigenvalue weighted by Crippen LogP contribution is 2.32. The summed E-state index contributed by atoms with van der Waals surface area (Å²) < 4.78 is 50.3. The Morgan fingerprint density at radius 1 is 1.10 bits per heavy atom.